The highest BCUT2D eigenvalue weighted by Gasteiger charge is 2.10. The summed E-state index contributed by atoms with van der Waals surface area (Å²) in [6, 6.07) is 0. The molecule has 0 aliphatic rings. The molecule has 0 amide bonds. The monoisotopic (exact) mass is 160 g/mol. The summed E-state index contributed by atoms with van der Waals surface area (Å²) in [4.78, 5) is 32.3. The maximum atomic E-state index is 8.22. The third kappa shape index (κ3) is 6.53. The van der Waals surface area contributed by atoms with Crippen LogP contribution in [-0.2, 0) is 4.31 Å². The minimum absolute atomic E-state index is 2.70. The van der Waals surface area contributed by atoms with Crippen LogP contribution >= 0.6 is 16.2 Å². The molecule has 50 valence electrons. The molecule has 8 heavy (non-hydrogen) atoms. The Morgan fingerprint density at radius 3 is 1.75 bits per heavy atom. The molecule has 0 aromatic rings. The zero-order valence-corrected chi connectivity index (χ0v) is 5.59. The first-order valence-electron chi connectivity index (χ1n) is 1.48. The average molecular weight is 160 g/mol. The van der Waals surface area contributed by atoms with E-state index in [1.54, 1.807) is 0 Å². The zero-order valence-electron chi connectivity index (χ0n) is 3.80. The topological polar surface area (TPSA) is 90.2 Å². The summed E-state index contributed by atoms with van der Waals surface area (Å²) in [7, 11) is -6.39. The second kappa shape index (κ2) is 2.90. The fraction of sp³-hybridized carbons (Fsp3) is 0. The van der Waals surface area contributed by atoms with Gasteiger partial charge in [0.25, 0.3) is 7.57 Å². The van der Waals surface area contributed by atoms with Crippen LogP contribution in [0.4, 0.5) is 0 Å². The minimum atomic E-state index is -3.69. The largest absolute Gasteiger partial charge is 0.334 e. The summed E-state index contributed by atoms with van der Waals surface area (Å²) in [5, 5.41) is 0. The van der Waals surface area contributed by atoms with Crippen molar-refractivity contribution in [1.82, 2.24) is 0 Å². The normalized spacial score (nSPS) is 12.6. The van der Waals surface area contributed by atoms with Crippen molar-refractivity contribution in [3.63, 3.8) is 0 Å². The second-order valence-corrected chi connectivity index (χ2v) is 3.49. The molecule has 0 saturated carbocycles. The Bertz CT molecular complexity index is 103. The predicted octanol–water partition coefficient (Wildman–Crippen LogP) is -0.606. The van der Waals surface area contributed by atoms with Gasteiger partial charge >= 0.3 is 8.60 Å². The van der Waals surface area contributed by atoms with E-state index >= 15 is 0 Å². The van der Waals surface area contributed by atoms with Crippen molar-refractivity contribution in [2.45, 2.75) is 0 Å². The van der Waals surface area contributed by atoms with Gasteiger partial charge in [0.15, 0.2) is 0 Å². The van der Waals surface area contributed by atoms with Crippen molar-refractivity contribution in [3.8, 4) is 0 Å². The van der Waals surface area contributed by atoms with Crippen LogP contribution in [0.3, 0.4) is 0 Å². The van der Waals surface area contributed by atoms with Crippen LogP contribution in [0.1, 0.15) is 0 Å². The van der Waals surface area contributed by atoms with Crippen LogP contribution in [0.25, 0.3) is 0 Å². The van der Waals surface area contributed by atoms with Crippen molar-refractivity contribution < 1.29 is 23.9 Å². The van der Waals surface area contributed by atoms with E-state index < -0.39 is 16.2 Å². The van der Waals surface area contributed by atoms with Gasteiger partial charge in [0, 0.05) is 0 Å². The van der Waals surface area contributed by atoms with Crippen LogP contribution in [0, 0.1) is 0 Å². The molecule has 5 nitrogen and oxygen atoms in total. The van der Waals surface area contributed by atoms with E-state index in [0.29, 0.717) is 0 Å². The van der Waals surface area contributed by atoms with Crippen molar-refractivity contribution in [2.75, 3.05) is 0 Å². The molecule has 0 unspecified atom stereocenters. The lowest BCUT2D eigenvalue weighted by molar-refractivity contribution is 0.320. The molecule has 0 saturated heterocycles. The van der Waals surface area contributed by atoms with Gasteiger partial charge in [-0.15, -0.1) is 0 Å². The van der Waals surface area contributed by atoms with Gasteiger partial charge in [-0.3, -0.25) is 0 Å². The Labute approximate surface area is 47.4 Å². The maximum absolute atomic E-state index is 8.22. The first kappa shape index (κ1) is 8.53. The summed E-state index contributed by atoms with van der Waals surface area (Å²) in [6.07, 6.45) is 2.71. The molecule has 0 fully saturated rings. The molecule has 0 bridgehead atoms. The number of hydrogen-bond acceptors (Lipinski definition) is 5. The number of hydrogen-bond donors (Lipinski definition) is 4. The van der Waals surface area contributed by atoms with Gasteiger partial charge in [-0.2, -0.15) is 0 Å². The van der Waals surface area contributed by atoms with E-state index in [-0.39, 0.29) is 0 Å². The van der Waals surface area contributed by atoms with Gasteiger partial charge < -0.3 is 19.6 Å². The molecular weight excluding hydrogens is 154 g/mol. The van der Waals surface area contributed by atoms with E-state index in [9.17, 15) is 0 Å². The zero-order chi connectivity index (χ0) is 6.78. The highest BCUT2D eigenvalue weighted by Crippen LogP contribution is 2.48. The van der Waals surface area contributed by atoms with Gasteiger partial charge in [-0.1, -0.05) is 0 Å². The van der Waals surface area contributed by atoms with E-state index in [4.69, 9.17) is 19.6 Å². The molecule has 0 heterocycles. The Morgan fingerprint density at radius 1 is 1.38 bits per heavy atom. The maximum Gasteiger partial charge on any atom is 0.334 e. The molecule has 0 rings (SSSR count). The van der Waals surface area contributed by atoms with Crippen molar-refractivity contribution in [2.24, 2.45) is 0 Å². The van der Waals surface area contributed by atoms with Crippen molar-refractivity contribution >= 4 is 22.5 Å². The second-order valence-electron chi connectivity index (χ2n) is 0.999. The summed E-state index contributed by atoms with van der Waals surface area (Å²) in [5.41, 5.74) is 0. The van der Waals surface area contributed by atoms with Gasteiger partial charge in [-0.25, -0.2) is 4.31 Å². The van der Waals surface area contributed by atoms with E-state index in [1.165, 1.54) is 0 Å². The van der Waals surface area contributed by atoms with Gasteiger partial charge in [0.1, 0.15) is 0 Å². The predicted molar refractivity (Wildman–Crippen MR) is 30.9 cm³/mol. The molecule has 0 aliphatic heterocycles. The van der Waals surface area contributed by atoms with Crippen LogP contribution in [0.15, 0.2) is 0 Å². The lowest BCUT2D eigenvalue weighted by Gasteiger charge is -2.08. The average Bonchev–Trinajstić information content (AvgIpc) is 1.21. The highest BCUT2D eigenvalue weighted by atomic mass is 31.3. The van der Waals surface area contributed by atoms with Crippen LogP contribution in [0.5, 0.6) is 0 Å². The molecule has 0 radical (unpaired) electrons. The smallest absolute Gasteiger partial charge is 0.333 e. The quantitative estimate of drug-likeness (QED) is 0.404. The summed E-state index contributed by atoms with van der Waals surface area (Å²) in [5.74, 6) is 0. The molecule has 7 heteroatoms. The summed E-state index contributed by atoms with van der Waals surface area (Å²) < 4.78 is 3.72. The number of rotatable bonds is 2. The Morgan fingerprint density at radius 2 is 1.75 bits per heavy atom. The van der Waals surface area contributed by atoms with E-state index in [1.807, 2.05) is 0 Å². The van der Waals surface area contributed by atoms with E-state index in [0.717, 1.165) is 0 Å². The van der Waals surface area contributed by atoms with Crippen LogP contribution in [-0.4, -0.2) is 25.9 Å². The van der Waals surface area contributed by atoms with Crippen LogP contribution < -0.4 is 0 Å². The molecule has 0 atom stereocenters. The Kier molecular flexibility index (Phi) is 3.09. The third-order valence-electron chi connectivity index (χ3n) is 0.204. The summed E-state index contributed by atoms with van der Waals surface area (Å²) in [6.45, 7) is 0. The standard InChI is InChI=1S/CH6O5P2/c1-8(4,5)6-7(2)3/h2-5H,1H2. The fourth-order valence-corrected chi connectivity index (χ4v) is 1.05. The van der Waals surface area contributed by atoms with E-state index in [2.05, 4.69) is 10.6 Å². The van der Waals surface area contributed by atoms with Gasteiger partial charge in [-0.05, 0) is 6.30 Å². The molecular formula is CH6O5P2. The summed E-state index contributed by atoms with van der Waals surface area (Å²) >= 11 is 0. The third-order valence-corrected chi connectivity index (χ3v) is 1.83. The van der Waals surface area contributed by atoms with Crippen molar-refractivity contribution in [3.05, 3.63) is 0 Å². The lowest BCUT2D eigenvalue weighted by atomic mass is 12.0. The first-order chi connectivity index (χ1) is 3.42. The SMILES string of the molecule is C=P(O)(O)OP(O)O. The lowest BCUT2D eigenvalue weighted by Crippen LogP contribution is -1.80. The molecule has 4 N–H and O–H groups in total. The van der Waals surface area contributed by atoms with Gasteiger partial charge in [0.05, 0.1) is 0 Å². The Hall–Kier alpha value is 0.530. The molecule has 0 aromatic carbocycles. The fourth-order valence-electron chi connectivity index (χ4n) is 0.117. The van der Waals surface area contributed by atoms with Crippen molar-refractivity contribution in [1.29, 1.82) is 0 Å². The first-order valence-corrected chi connectivity index (χ1v) is 4.44. The van der Waals surface area contributed by atoms with Crippen LogP contribution in [0.2, 0.25) is 0 Å². The minimum Gasteiger partial charge on any atom is -0.333 e. The molecule has 0 spiro atoms. The highest BCUT2D eigenvalue weighted by molar-refractivity contribution is 7.64. The molecule has 0 aromatic heterocycles. The molecule has 0 aliphatic carbocycles. The van der Waals surface area contributed by atoms with Gasteiger partial charge in [0.2, 0.25) is 0 Å². The Balaban J connectivity index is 3.56.